The molecule has 10 heteroatoms. The molecule has 0 saturated heterocycles. The number of phosphoric acid groups is 1. The Bertz CT molecular complexity index is 2180. The molecule has 0 aromatic heterocycles. The highest BCUT2D eigenvalue weighted by Gasteiger charge is 2.22. The van der Waals surface area contributed by atoms with Crippen molar-refractivity contribution in [2.24, 2.45) is 0 Å². The Hall–Kier alpha value is -4.37. The lowest BCUT2D eigenvalue weighted by Gasteiger charge is -2.28. The van der Waals surface area contributed by atoms with Gasteiger partial charge in [0.25, 0.3) is 7.82 Å². The largest absolute Gasteiger partial charge is 0.756 e. The molecule has 0 aliphatic heterocycles. The zero-order valence-electron chi connectivity index (χ0n) is 62.5. The van der Waals surface area contributed by atoms with Crippen LogP contribution in [-0.2, 0) is 32.7 Å². The lowest BCUT2D eigenvalue weighted by Crippen LogP contribution is -2.37. The SMILES string of the molecule is CC/C=C\C/C=C\C/C=C\C/C=C\C/C=C\C/C=C\C/C=C\C/C=C\CCCCCCCCCCCCCCCCCCC(=O)OC(COC(=O)CCCCCCCCCCCCCCCCC/C=C\C/C=C\C/C=C\C/C=C\C/C=C\CC)COP(=O)([O-])OCC[N+](C)(C)C. The van der Waals surface area contributed by atoms with Gasteiger partial charge in [0.1, 0.15) is 19.8 Å². The molecule has 0 aliphatic carbocycles. The molecule has 9 nitrogen and oxygen atoms in total. The zero-order valence-corrected chi connectivity index (χ0v) is 63.4. The summed E-state index contributed by atoms with van der Waals surface area (Å²) in [7, 11) is 1.16. The van der Waals surface area contributed by atoms with Gasteiger partial charge in [-0.3, -0.25) is 14.2 Å². The summed E-state index contributed by atoms with van der Waals surface area (Å²) in [6, 6.07) is 0. The number of quaternary nitrogens is 1. The van der Waals surface area contributed by atoms with Crippen LogP contribution in [0.15, 0.2) is 158 Å². The lowest BCUT2D eigenvalue weighted by molar-refractivity contribution is -0.870. The summed E-state index contributed by atoms with van der Waals surface area (Å²) < 4.78 is 34.4. The van der Waals surface area contributed by atoms with Crippen molar-refractivity contribution in [2.75, 3.05) is 47.5 Å². The number of esters is 2. The van der Waals surface area contributed by atoms with Crippen LogP contribution in [0.4, 0.5) is 0 Å². The molecule has 0 rings (SSSR count). The van der Waals surface area contributed by atoms with Crippen LogP contribution in [0.5, 0.6) is 0 Å². The highest BCUT2D eigenvalue weighted by molar-refractivity contribution is 7.45. The van der Waals surface area contributed by atoms with Gasteiger partial charge in [0, 0.05) is 12.8 Å². The summed E-state index contributed by atoms with van der Waals surface area (Å²) >= 11 is 0. The number of hydrogen-bond acceptors (Lipinski definition) is 8. The molecule has 0 radical (unpaired) electrons. The van der Waals surface area contributed by atoms with E-state index in [1.807, 2.05) is 21.1 Å². The summed E-state index contributed by atoms with van der Waals surface area (Å²) in [5, 5.41) is 0. The van der Waals surface area contributed by atoms with Gasteiger partial charge in [-0.25, -0.2) is 0 Å². The minimum Gasteiger partial charge on any atom is -0.756 e. The Morgan fingerprint density at radius 3 is 0.833 bits per heavy atom. The molecule has 0 N–H and O–H groups in total. The van der Waals surface area contributed by atoms with Crippen molar-refractivity contribution in [1.29, 1.82) is 0 Å². The maximum Gasteiger partial charge on any atom is 0.306 e. The Morgan fingerprint density at radius 2 is 0.562 bits per heavy atom. The Kier molecular flexibility index (Phi) is 71.4. The molecule has 548 valence electrons. The van der Waals surface area contributed by atoms with Gasteiger partial charge in [0.05, 0.1) is 27.7 Å². The van der Waals surface area contributed by atoms with Gasteiger partial charge < -0.3 is 27.9 Å². The van der Waals surface area contributed by atoms with Crippen molar-refractivity contribution in [3.63, 3.8) is 0 Å². The Balaban J connectivity index is 4.00. The second kappa shape index (κ2) is 74.8. The maximum atomic E-state index is 12.9. The summed E-state index contributed by atoms with van der Waals surface area (Å²) in [6.45, 7) is 4.03. The molecular weight excluding hydrogens is 1210 g/mol. The number of likely N-dealkylation sites (N-methyl/N-ethyl adjacent to an activating group) is 1. The second-order valence-corrected chi connectivity index (χ2v) is 28.4. The van der Waals surface area contributed by atoms with E-state index in [0.717, 1.165) is 122 Å². The lowest BCUT2D eigenvalue weighted by atomic mass is 10.0. The molecule has 2 unspecified atom stereocenters. The van der Waals surface area contributed by atoms with Crippen LogP contribution >= 0.6 is 7.82 Å². The van der Waals surface area contributed by atoms with Crippen LogP contribution in [0, 0.1) is 0 Å². The van der Waals surface area contributed by atoms with Gasteiger partial charge in [-0.15, -0.1) is 0 Å². The number of carbonyl (C=O) groups is 2. The van der Waals surface area contributed by atoms with Crippen molar-refractivity contribution in [3.8, 4) is 0 Å². The van der Waals surface area contributed by atoms with Crippen LogP contribution in [-0.4, -0.2) is 70.0 Å². The molecule has 0 heterocycles. The highest BCUT2D eigenvalue weighted by atomic mass is 31.2. The van der Waals surface area contributed by atoms with Crippen LogP contribution in [0.3, 0.4) is 0 Å². The number of carbonyl (C=O) groups excluding carboxylic acids is 2. The molecule has 0 amide bonds. The third-order valence-corrected chi connectivity index (χ3v) is 17.5. The van der Waals surface area contributed by atoms with Crippen molar-refractivity contribution in [1.82, 2.24) is 0 Å². The number of rotatable bonds is 71. The van der Waals surface area contributed by atoms with Crippen LogP contribution in [0.25, 0.3) is 0 Å². The molecule has 0 spiro atoms. The molecule has 0 fully saturated rings. The van der Waals surface area contributed by atoms with Crippen LogP contribution in [0.1, 0.15) is 322 Å². The number of hydrogen-bond donors (Lipinski definition) is 0. The van der Waals surface area contributed by atoms with E-state index < -0.39 is 26.5 Å². The Labute approximate surface area is 592 Å². The van der Waals surface area contributed by atoms with E-state index in [1.165, 1.54) is 167 Å². The molecule has 2 atom stereocenters. The van der Waals surface area contributed by atoms with E-state index in [1.54, 1.807) is 0 Å². The van der Waals surface area contributed by atoms with E-state index in [-0.39, 0.29) is 32.0 Å². The Morgan fingerprint density at radius 1 is 0.323 bits per heavy atom. The molecule has 0 bridgehead atoms. The highest BCUT2D eigenvalue weighted by Crippen LogP contribution is 2.38. The summed E-state index contributed by atoms with van der Waals surface area (Å²) in [6.07, 6.45) is 112. The van der Waals surface area contributed by atoms with Gasteiger partial charge in [-0.2, -0.15) is 0 Å². The fourth-order valence-electron chi connectivity index (χ4n) is 10.6. The average molecular weight is 1350 g/mol. The zero-order chi connectivity index (χ0) is 69.7. The van der Waals surface area contributed by atoms with Crippen molar-refractivity contribution in [3.05, 3.63) is 158 Å². The van der Waals surface area contributed by atoms with Crippen molar-refractivity contribution in [2.45, 2.75) is 328 Å². The van der Waals surface area contributed by atoms with E-state index >= 15 is 0 Å². The first-order valence-electron chi connectivity index (χ1n) is 39.2. The van der Waals surface area contributed by atoms with E-state index in [2.05, 4.69) is 172 Å². The van der Waals surface area contributed by atoms with Crippen LogP contribution in [0.2, 0.25) is 0 Å². The maximum absolute atomic E-state index is 12.9. The molecular formula is C86H146NO8P. The standard InChI is InChI=1S/C86H146NO8P/c1-6-8-10-12-14-16-18-20-22-24-26-28-30-32-34-36-38-39-40-41-42-43-44-45-46-47-49-51-53-55-57-59-61-63-65-67-69-71-73-75-77-79-86(89)95-84(83-94-96(90,91)93-81-80-87(3,4)5)82-92-85(88)78-76-74-72-70-68-66-64-62-60-58-56-54-52-50-48-37-35-33-31-29-27-25-23-21-19-17-15-13-11-9-7-2/h8-11,14-17,20-23,26-29,32-35,38-39,41-42,44-45,84H,6-7,12-13,18-19,24-25,30-31,36-37,40,43,46-83H2,1-5H3/b10-8-,11-9-,16-14-,17-15-,22-20-,23-21-,28-26-,29-27-,34-32-,35-33-,39-38-,42-41-,45-44-. The van der Waals surface area contributed by atoms with E-state index in [9.17, 15) is 19.0 Å². The molecule has 96 heavy (non-hydrogen) atoms. The van der Waals surface area contributed by atoms with Gasteiger partial charge in [0.15, 0.2) is 6.10 Å². The minimum atomic E-state index is -4.65. The normalized spacial score (nSPS) is 13.9. The summed E-state index contributed by atoms with van der Waals surface area (Å²) in [5.41, 5.74) is 0. The third-order valence-electron chi connectivity index (χ3n) is 16.5. The first kappa shape index (κ1) is 91.6. The smallest absolute Gasteiger partial charge is 0.306 e. The third kappa shape index (κ3) is 78.6. The molecule has 0 saturated carbocycles. The van der Waals surface area contributed by atoms with Gasteiger partial charge in [0.2, 0.25) is 0 Å². The first-order chi connectivity index (χ1) is 47.0. The van der Waals surface area contributed by atoms with E-state index in [4.69, 9.17) is 18.5 Å². The number of allylic oxidation sites excluding steroid dienone is 26. The van der Waals surface area contributed by atoms with Gasteiger partial charge in [-0.05, 0) is 122 Å². The predicted molar refractivity (Wildman–Crippen MR) is 415 cm³/mol. The fraction of sp³-hybridized carbons (Fsp3) is 0.674. The van der Waals surface area contributed by atoms with Gasteiger partial charge in [-0.1, -0.05) is 345 Å². The minimum absolute atomic E-state index is 0.0354. The molecule has 0 aromatic rings. The van der Waals surface area contributed by atoms with Gasteiger partial charge >= 0.3 is 11.9 Å². The number of phosphoric ester groups is 1. The number of unbranched alkanes of at least 4 members (excludes halogenated alkanes) is 31. The summed E-state index contributed by atoms with van der Waals surface area (Å²) in [4.78, 5) is 38.2. The topological polar surface area (TPSA) is 111 Å². The monoisotopic (exact) mass is 1350 g/mol. The van der Waals surface area contributed by atoms with Crippen LogP contribution < -0.4 is 4.89 Å². The molecule has 0 aromatic carbocycles. The first-order valence-corrected chi connectivity index (χ1v) is 40.7. The fourth-order valence-corrected chi connectivity index (χ4v) is 11.4. The second-order valence-electron chi connectivity index (χ2n) is 27.0. The predicted octanol–water partition coefficient (Wildman–Crippen LogP) is 25.6. The molecule has 0 aliphatic rings. The van der Waals surface area contributed by atoms with Crippen molar-refractivity contribution >= 4 is 19.8 Å². The number of ether oxygens (including phenoxy) is 2. The van der Waals surface area contributed by atoms with Crippen molar-refractivity contribution < 1.29 is 42.1 Å². The average Bonchev–Trinajstić information content (AvgIpc) is 2.54. The quantitative estimate of drug-likeness (QED) is 0.0195. The summed E-state index contributed by atoms with van der Waals surface area (Å²) in [5.74, 6) is -0.829. The van der Waals surface area contributed by atoms with E-state index in [0.29, 0.717) is 17.4 Å². The number of nitrogens with zero attached hydrogens (tertiary/aromatic N) is 1.